The van der Waals surface area contributed by atoms with Crippen LogP contribution < -0.4 is 10.5 Å². The van der Waals surface area contributed by atoms with Gasteiger partial charge < -0.3 is 5.73 Å². The van der Waals surface area contributed by atoms with Gasteiger partial charge in [-0.3, -0.25) is 4.72 Å². The van der Waals surface area contributed by atoms with Gasteiger partial charge in [0.1, 0.15) is 0 Å². The minimum atomic E-state index is -3.76. The van der Waals surface area contributed by atoms with E-state index in [1.165, 1.54) is 12.3 Å². The van der Waals surface area contributed by atoms with Gasteiger partial charge in [-0.15, -0.1) is 0 Å². The van der Waals surface area contributed by atoms with E-state index in [2.05, 4.69) is 9.71 Å². The first kappa shape index (κ1) is 14.6. The third kappa shape index (κ3) is 3.02. The minimum absolute atomic E-state index is 0.0954. The predicted molar refractivity (Wildman–Crippen MR) is 80.3 cm³/mol. The molecule has 1 aromatic carbocycles. The first-order valence-corrected chi connectivity index (χ1v) is 7.82. The van der Waals surface area contributed by atoms with Gasteiger partial charge >= 0.3 is 0 Å². The number of nitrogens with two attached hydrogens (primary N) is 1. The molecule has 0 aliphatic rings. The Labute approximate surface area is 122 Å². The lowest BCUT2D eigenvalue weighted by Gasteiger charge is -2.12. The number of halogens is 1. The van der Waals surface area contributed by atoms with Gasteiger partial charge in [0.15, 0.2) is 5.15 Å². The summed E-state index contributed by atoms with van der Waals surface area (Å²) in [6, 6.07) is 7.96. The number of aryl methyl sites for hydroxylation is 1. The molecule has 3 N–H and O–H groups in total. The van der Waals surface area contributed by atoms with Crippen LogP contribution in [0.15, 0.2) is 41.4 Å². The molecule has 0 atom stereocenters. The Morgan fingerprint density at radius 2 is 2.10 bits per heavy atom. The molecule has 0 fully saturated rings. The summed E-state index contributed by atoms with van der Waals surface area (Å²) in [5.74, 6) is 0. The Kier molecular flexibility index (Phi) is 4.15. The van der Waals surface area contributed by atoms with Gasteiger partial charge in [-0.2, -0.15) is 0 Å². The second-order valence-electron chi connectivity index (χ2n) is 4.17. The van der Waals surface area contributed by atoms with Gasteiger partial charge in [0, 0.05) is 11.9 Å². The Morgan fingerprint density at radius 3 is 2.75 bits per heavy atom. The molecule has 0 unspecified atom stereocenters. The van der Waals surface area contributed by atoms with Gasteiger partial charge in [-0.05, 0) is 36.2 Å². The molecule has 0 radical (unpaired) electrons. The summed E-state index contributed by atoms with van der Waals surface area (Å²) in [5.41, 5.74) is 6.98. The van der Waals surface area contributed by atoms with Crippen molar-refractivity contribution in [1.29, 1.82) is 0 Å². The quantitative estimate of drug-likeness (QED) is 0.671. The largest absolute Gasteiger partial charge is 0.399 e. The number of nitrogens with one attached hydrogen (secondary N) is 1. The summed E-state index contributed by atoms with van der Waals surface area (Å²) >= 11 is 5.86. The van der Waals surface area contributed by atoms with Gasteiger partial charge in [-0.1, -0.05) is 24.6 Å². The number of rotatable bonds is 4. The van der Waals surface area contributed by atoms with E-state index >= 15 is 0 Å². The summed E-state index contributed by atoms with van der Waals surface area (Å²) in [7, 11) is -3.76. The van der Waals surface area contributed by atoms with E-state index < -0.39 is 10.0 Å². The minimum Gasteiger partial charge on any atom is -0.399 e. The number of sulfonamides is 1. The molecule has 0 saturated heterocycles. The zero-order chi connectivity index (χ0) is 14.8. The molecule has 0 bridgehead atoms. The van der Waals surface area contributed by atoms with Gasteiger partial charge in [0.25, 0.3) is 10.0 Å². The van der Waals surface area contributed by atoms with Crippen LogP contribution in [0.2, 0.25) is 5.15 Å². The number of hydrogen-bond donors (Lipinski definition) is 2. The number of pyridine rings is 1. The second kappa shape index (κ2) is 5.68. The van der Waals surface area contributed by atoms with Crippen molar-refractivity contribution < 1.29 is 8.42 Å². The van der Waals surface area contributed by atoms with E-state index in [1.807, 2.05) is 6.92 Å². The molecule has 2 aromatic rings. The van der Waals surface area contributed by atoms with Crippen molar-refractivity contribution in [2.24, 2.45) is 0 Å². The lowest BCUT2D eigenvalue weighted by Crippen LogP contribution is -2.15. The van der Waals surface area contributed by atoms with Crippen molar-refractivity contribution in [2.75, 3.05) is 10.5 Å². The maximum absolute atomic E-state index is 12.4. The lowest BCUT2D eigenvalue weighted by molar-refractivity contribution is 0.600. The molecule has 0 aliphatic carbocycles. The molecule has 2 rings (SSSR count). The highest BCUT2D eigenvalue weighted by atomic mass is 35.5. The summed E-state index contributed by atoms with van der Waals surface area (Å²) in [6.45, 7) is 1.88. The third-order valence-electron chi connectivity index (χ3n) is 2.77. The van der Waals surface area contributed by atoms with E-state index in [0.29, 0.717) is 17.7 Å². The van der Waals surface area contributed by atoms with Crippen LogP contribution in [0.5, 0.6) is 0 Å². The number of anilines is 2. The molecule has 0 saturated carbocycles. The number of nitrogens with zero attached hydrogens (tertiary/aromatic N) is 1. The molecule has 1 aromatic heterocycles. The summed E-state index contributed by atoms with van der Waals surface area (Å²) < 4.78 is 27.3. The standard InChI is InChI=1S/C13H14ClN3O2S/c1-2-9-5-6-10(15)8-12(9)20(18,19)17-11-4-3-7-16-13(11)14/h3-8,17H,2,15H2,1H3. The van der Waals surface area contributed by atoms with Crippen molar-refractivity contribution >= 4 is 33.0 Å². The van der Waals surface area contributed by atoms with Crippen LogP contribution in [0.3, 0.4) is 0 Å². The fraction of sp³-hybridized carbons (Fsp3) is 0.154. The molecule has 0 aliphatic heterocycles. The van der Waals surface area contributed by atoms with Gasteiger partial charge in [-0.25, -0.2) is 13.4 Å². The zero-order valence-corrected chi connectivity index (χ0v) is 12.4. The Balaban J connectivity index is 2.46. The smallest absolute Gasteiger partial charge is 0.262 e. The molecule has 20 heavy (non-hydrogen) atoms. The molecular formula is C13H14ClN3O2S. The first-order chi connectivity index (χ1) is 9.44. The van der Waals surface area contributed by atoms with E-state index in [4.69, 9.17) is 17.3 Å². The highest BCUT2D eigenvalue weighted by Gasteiger charge is 2.19. The molecule has 7 heteroatoms. The van der Waals surface area contributed by atoms with E-state index in [-0.39, 0.29) is 15.7 Å². The van der Waals surface area contributed by atoms with Crippen LogP contribution in [0.25, 0.3) is 0 Å². The molecule has 1 heterocycles. The summed E-state index contributed by atoms with van der Waals surface area (Å²) in [6.07, 6.45) is 2.06. The molecule has 5 nitrogen and oxygen atoms in total. The Morgan fingerprint density at radius 1 is 1.35 bits per heavy atom. The fourth-order valence-electron chi connectivity index (χ4n) is 1.78. The highest BCUT2D eigenvalue weighted by molar-refractivity contribution is 7.92. The third-order valence-corrected chi connectivity index (χ3v) is 4.51. The normalized spacial score (nSPS) is 11.3. The number of hydrogen-bond acceptors (Lipinski definition) is 4. The maximum Gasteiger partial charge on any atom is 0.262 e. The van der Waals surface area contributed by atoms with Crippen LogP contribution in [0.4, 0.5) is 11.4 Å². The first-order valence-electron chi connectivity index (χ1n) is 5.96. The van der Waals surface area contributed by atoms with Crippen LogP contribution in [0, 0.1) is 0 Å². The van der Waals surface area contributed by atoms with E-state index in [9.17, 15) is 8.42 Å². The van der Waals surface area contributed by atoms with Gasteiger partial charge in [0.05, 0.1) is 10.6 Å². The van der Waals surface area contributed by atoms with Crippen LogP contribution in [-0.4, -0.2) is 13.4 Å². The topological polar surface area (TPSA) is 85.1 Å². The molecule has 106 valence electrons. The van der Waals surface area contributed by atoms with Crippen molar-refractivity contribution in [3.63, 3.8) is 0 Å². The Hall–Kier alpha value is -1.79. The molecular weight excluding hydrogens is 298 g/mol. The number of nitrogen functional groups attached to an aromatic ring is 1. The monoisotopic (exact) mass is 311 g/mol. The average Bonchev–Trinajstić information content (AvgIpc) is 2.41. The molecule has 0 spiro atoms. The SMILES string of the molecule is CCc1ccc(N)cc1S(=O)(=O)Nc1cccnc1Cl. The average molecular weight is 312 g/mol. The predicted octanol–water partition coefficient (Wildman–Crippen LogP) is 2.68. The highest BCUT2D eigenvalue weighted by Crippen LogP contribution is 2.25. The number of benzene rings is 1. The van der Waals surface area contributed by atoms with Crippen LogP contribution >= 0.6 is 11.6 Å². The summed E-state index contributed by atoms with van der Waals surface area (Å²) in [4.78, 5) is 3.98. The van der Waals surface area contributed by atoms with E-state index in [1.54, 1.807) is 24.3 Å². The van der Waals surface area contributed by atoms with Crippen LogP contribution in [-0.2, 0) is 16.4 Å². The van der Waals surface area contributed by atoms with Crippen LogP contribution in [0.1, 0.15) is 12.5 Å². The fourth-order valence-corrected chi connectivity index (χ4v) is 3.41. The van der Waals surface area contributed by atoms with Crippen molar-refractivity contribution in [3.05, 3.63) is 47.2 Å². The zero-order valence-electron chi connectivity index (χ0n) is 10.8. The lowest BCUT2D eigenvalue weighted by atomic mass is 10.1. The van der Waals surface area contributed by atoms with E-state index in [0.717, 1.165) is 0 Å². The summed E-state index contributed by atoms with van der Waals surface area (Å²) in [5, 5.41) is 0.0954. The van der Waals surface area contributed by atoms with Crippen molar-refractivity contribution in [2.45, 2.75) is 18.2 Å². The Bertz CT molecular complexity index is 732. The van der Waals surface area contributed by atoms with Crippen molar-refractivity contribution in [1.82, 2.24) is 4.98 Å². The molecule has 0 amide bonds. The van der Waals surface area contributed by atoms with Crippen molar-refractivity contribution in [3.8, 4) is 0 Å². The van der Waals surface area contributed by atoms with Gasteiger partial charge in [0.2, 0.25) is 0 Å². The maximum atomic E-state index is 12.4. The number of aromatic nitrogens is 1. The second-order valence-corrected chi connectivity index (χ2v) is 6.18.